The van der Waals surface area contributed by atoms with Crippen LogP contribution in [0.15, 0.2) is 18.3 Å². The second-order valence-corrected chi connectivity index (χ2v) is 11.1. The molecule has 0 radical (unpaired) electrons. The van der Waals surface area contributed by atoms with Gasteiger partial charge in [-0.1, -0.05) is 19.9 Å². The van der Waals surface area contributed by atoms with Crippen molar-refractivity contribution in [1.82, 2.24) is 4.98 Å². The molecule has 0 aromatic carbocycles. The smallest absolute Gasteiger partial charge is 0.357 e. The van der Waals surface area contributed by atoms with Crippen LogP contribution in [-0.4, -0.2) is 22.8 Å². The Balaban J connectivity index is 1.35. The predicted octanol–water partition coefficient (Wildman–Crippen LogP) is 5.53. The normalized spacial score (nSPS) is 42.8. The number of nitrogens with zero attached hydrogens (tertiary/aromatic N) is 1. The molecule has 0 saturated heterocycles. The summed E-state index contributed by atoms with van der Waals surface area (Å²) < 4.78 is 6.13. The molecule has 4 heteroatoms. The first-order valence-electron chi connectivity index (χ1n) is 12.0. The number of pyridine rings is 1. The second-order valence-electron chi connectivity index (χ2n) is 11.1. The molecule has 1 heterocycles. The minimum atomic E-state index is -0.261. The van der Waals surface area contributed by atoms with Gasteiger partial charge in [0.05, 0.1) is 0 Å². The van der Waals surface area contributed by atoms with E-state index in [0.29, 0.717) is 28.7 Å². The third kappa shape index (κ3) is 2.97. The molecule has 4 aliphatic rings. The van der Waals surface area contributed by atoms with Crippen LogP contribution in [0.1, 0.15) is 87.7 Å². The Morgan fingerprint density at radius 1 is 1.07 bits per heavy atom. The topological polar surface area (TPSA) is 56.3 Å². The highest BCUT2D eigenvalue weighted by atomic mass is 16.5. The summed E-state index contributed by atoms with van der Waals surface area (Å²) in [5.41, 5.74) is 1.74. The van der Waals surface area contributed by atoms with Crippen molar-refractivity contribution in [2.24, 2.45) is 34.5 Å². The Kier molecular flexibility index (Phi) is 4.83. The molecule has 5 rings (SSSR count). The van der Waals surface area contributed by atoms with Gasteiger partial charge in [0.1, 0.15) is 11.9 Å². The summed E-state index contributed by atoms with van der Waals surface area (Å²) in [6.45, 7) is 6.78. The Labute approximate surface area is 180 Å². The number of Topliss-reactive ketones (excluding diaryl/α,β-unsaturated/α-hetero) is 1. The third-order valence-corrected chi connectivity index (χ3v) is 9.85. The highest BCUT2D eigenvalue weighted by Crippen LogP contribution is 2.66. The summed E-state index contributed by atoms with van der Waals surface area (Å²) in [5.74, 6) is 2.90. The van der Waals surface area contributed by atoms with E-state index >= 15 is 0 Å². The van der Waals surface area contributed by atoms with E-state index in [1.54, 1.807) is 6.20 Å². The molecular weight excluding hydrogens is 374 g/mol. The van der Waals surface area contributed by atoms with E-state index < -0.39 is 0 Å². The summed E-state index contributed by atoms with van der Waals surface area (Å²) in [4.78, 5) is 29.2. The van der Waals surface area contributed by atoms with E-state index in [1.165, 1.54) is 19.3 Å². The highest BCUT2D eigenvalue weighted by molar-refractivity contribution is 5.88. The van der Waals surface area contributed by atoms with Gasteiger partial charge in [-0.3, -0.25) is 4.79 Å². The Morgan fingerprint density at radius 3 is 2.67 bits per heavy atom. The fourth-order valence-electron chi connectivity index (χ4n) is 8.08. The summed E-state index contributed by atoms with van der Waals surface area (Å²) in [6, 6.07) is 3.78. The van der Waals surface area contributed by atoms with E-state index in [-0.39, 0.29) is 17.5 Å². The summed E-state index contributed by atoms with van der Waals surface area (Å²) >= 11 is 0. The van der Waals surface area contributed by atoms with Crippen LogP contribution in [0.4, 0.5) is 0 Å². The molecule has 0 bridgehead atoms. The van der Waals surface area contributed by atoms with Gasteiger partial charge >= 0.3 is 5.97 Å². The van der Waals surface area contributed by atoms with Crippen LogP contribution in [0.5, 0.6) is 0 Å². The van der Waals surface area contributed by atoms with Crippen LogP contribution in [0.25, 0.3) is 0 Å². The molecule has 1 aromatic rings. The summed E-state index contributed by atoms with van der Waals surface area (Å²) in [6.07, 6.45) is 11.3. The minimum absolute atomic E-state index is 0.00387. The van der Waals surface area contributed by atoms with Gasteiger partial charge in [-0.05, 0) is 92.6 Å². The zero-order valence-corrected chi connectivity index (χ0v) is 18.7. The molecule has 7 atom stereocenters. The lowest BCUT2D eigenvalue weighted by atomic mass is 9.45. The van der Waals surface area contributed by atoms with Crippen LogP contribution >= 0.6 is 0 Å². The van der Waals surface area contributed by atoms with Gasteiger partial charge in [0.2, 0.25) is 0 Å². The SMILES string of the molecule is Cc1cccnc1C(=O)O[C@H]1CC[C@H]2[C@@H]3CC[C@H]4CC(=O)CC[C@]4(C)[C@H]3CC[C@]12C. The minimum Gasteiger partial charge on any atom is -0.457 e. The first-order valence-corrected chi connectivity index (χ1v) is 12.0. The molecule has 0 N–H and O–H groups in total. The molecule has 162 valence electrons. The molecular formula is C26H35NO3. The van der Waals surface area contributed by atoms with Gasteiger partial charge in [-0.2, -0.15) is 0 Å². The molecule has 4 fully saturated rings. The van der Waals surface area contributed by atoms with Crippen LogP contribution in [-0.2, 0) is 9.53 Å². The van der Waals surface area contributed by atoms with E-state index in [2.05, 4.69) is 18.8 Å². The number of rotatable bonds is 2. The maximum absolute atomic E-state index is 12.9. The average Bonchev–Trinajstić information content (AvgIpc) is 3.05. The van der Waals surface area contributed by atoms with Crippen LogP contribution in [0.3, 0.4) is 0 Å². The van der Waals surface area contributed by atoms with Gasteiger partial charge in [0, 0.05) is 24.5 Å². The number of hydrogen-bond donors (Lipinski definition) is 0. The van der Waals surface area contributed by atoms with Crippen molar-refractivity contribution in [3.8, 4) is 0 Å². The number of aromatic nitrogens is 1. The molecule has 4 aliphatic carbocycles. The van der Waals surface area contributed by atoms with Gasteiger partial charge in [0.25, 0.3) is 0 Å². The van der Waals surface area contributed by atoms with Crippen LogP contribution < -0.4 is 0 Å². The largest absolute Gasteiger partial charge is 0.457 e. The summed E-state index contributed by atoms with van der Waals surface area (Å²) in [7, 11) is 0. The molecule has 0 unspecified atom stereocenters. The molecule has 0 aliphatic heterocycles. The molecule has 4 nitrogen and oxygen atoms in total. The maximum atomic E-state index is 12.9. The van der Waals surface area contributed by atoms with Gasteiger partial charge in [0.15, 0.2) is 5.69 Å². The van der Waals surface area contributed by atoms with Crippen molar-refractivity contribution < 1.29 is 14.3 Å². The number of fused-ring (bicyclic) bond motifs is 5. The number of carbonyl (C=O) groups is 2. The zero-order chi connectivity index (χ0) is 21.1. The number of aryl methyl sites for hydroxylation is 1. The fourth-order valence-corrected chi connectivity index (χ4v) is 8.08. The zero-order valence-electron chi connectivity index (χ0n) is 18.7. The highest BCUT2D eigenvalue weighted by Gasteiger charge is 2.61. The Morgan fingerprint density at radius 2 is 1.87 bits per heavy atom. The van der Waals surface area contributed by atoms with Crippen molar-refractivity contribution in [3.63, 3.8) is 0 Å². The average molecular weight is 410 g/mol. The lowest BCUT2D eigenvalue weighted by molar-refractivity contribution is -0.142. The molecule has 4 saturated carbocycles. The maximum Gasteiger partial charge on any atom is 0.357 e. The first kappa shape index (κ1) is 20.2. The third-order valence-electron chi connectivity index (χ3n) is 9.85. The van der Waals surface area contributed by atoms with E-state index in [0.717, 1.165) is 55.9 Å². The summed E-state index contributed by atoms with van der Waals surface area (Å²) in [5, 5.41) is 0. The second kappa shape index (κ2) is 7.17. The Bertz CT molecular complexity index is 866. The molecule has 0 spiro atoms. The van der Waals surface area contributed by atoms with Crippen molar-refractivity contribution in [2.45, 2.75) is 84.7 Å². The van der Waals surface area contributed by atoms with Gasteiger partial charge in [-0.15, -0.1) is 0 Å². The molecule has 0 amide bonds. The number of ether oxygens (including phenoxy) is 1. The Hall–Kier alpha value is -1.71. The van der Waals surface area contributed by atoms with Crippen molar-refractivity contribution in [2.75, 3.05) is 0 Å². The number of ketones is 1. The quantitative estimate of drug-likeness (QED) is 0.603. The van der Waals surface area contributed by atoms with Crippen molar-refractivity contribution >= 4 is 11.8 Å². The van der Waals surface area contributed by atoms with Crippen LogP contribution in [0, 0.1) is 41.4 Å². The number of carbonyl (C=O) groups excluding carboxylic acids is 2. The standard InChI is InChI=1S/C26H35NO3/c1-16-5-4-14-27-23(16)24(29)30-22-9-8-20-19-7-6-17-15-18(28)10-12-25(17,2)21(19)11-13-26(20,22)3/h4-5,14,17,19-22H,6-13,15H2,1-3H3/t17-,19-,20-,21-,22-,25-,26-/m0/s1. The molecule has 1 aromatic heterocycles. The number of hydrogen-bond acceptors (Lipinski definition) is 4. The number of esters is 1. The lowest BCUT2D eigenvalue weighted by Gasteiger charge is -2.60. The molecule has 30 heavy (non-hydrogen) atoms. The van der Waals surface area contributed by atoms with Crippen molar-refractivity contribution in [1.29, 1.82) is 0 Å². The van der Waals surface area contributed by atoms with E-state index in [1.807, 2.05) is 19.1 Å². The lowest BCUT2D eigenvalue weighted by Crippen LogP contribution is -2.54. The fraction of sp³-hybridized carbons (Fsp3) is 0.731. The van der Waals surface area contributed by atoms with Gasteiger partial charge in [-0.25, -0.2) is 9.78 Å². The van der Waals surface area contributed by atoms with Crippen LogP contribution in [0.2, 0.25) is 0 Å². The van der Waals surface area contributed by atoms with E-state index in [9.17, 15) is 9.59 Å². The first-order chi connectivity index (χ1) is 14.3. The van der Waals surface area contributed by atoms with Crippen molar-refractivity contribution in [3.05, 3.63) is 29.6 Å². The van der Waals surface area contributed by atoms with E-state index in [4.69, 9.17) is 4.74 Å². The predicted molar refractivity (Wildman–Crippen MR) is 115 cm³/mol. The monoisotopic (exact) mass is 409 g/mol. The van der Waals surface area contributed by atoms with Gasteiger partial charge < -0.3 is 4.74 Å².